The van der Waals surface area contributed by atoms with E-state index in [0.717, 1.165) is 18.0 Å². The Balaban J connectivity index is 2.26. The molecule has 1 nitrogen and oxygen atoms in total. The molecule has 2 rings (SSSR count). The molecule has 0 amide bonds. The molecule has 0 saturated carbocycles. The smallest absolute Gasteiger partial charge is 0.0408 e. The normalized spacial score (nSPS) is 12.4. The molecule has 0 bridgehead atoms. The summed E-state index contributed by atoms with van der Waals surface area (Å²) in [5.74, 6) is 0. The van der Waals surface area contributed by atoms with Gasteiger partial charge in [-0.1, -0.05) is 60.0 Å². The Hall–Kier alpha value is -1.31. The number of benzene rings is 2. The maximum atomic E-state index is 6.08. The SMILES string of the molecule is CCNC(Cc1cccc(Cl)c1)c1cc(C)cc(C)c1. The Labute approximate surface area is 127 Å². The number of rotatable bonds is 5. The van der Waals surface area contributed by atoms with Crippen LogP contribution < -0.4 is 5.32 Å². The number of aryl methyl sites for hydroxylation is 2. The van der Waals surface area contributed by atoms with Crippen molar-refractivity contribution in [2.75, 3.05) is 6.54 Å². The molecular weight excluding hydrogens is 266 g/mol. The zero-order chi connectivity index (χ0) is 14.5. The molecule has 0 aliphatic heterocycles. The summed E-state index contributed by atoms with van der Waals surface area (Å²) in [5, 5.41) is 4.38. The van der Waals surface area contributed by atoms with Gasteiger partial charge in [-0.05, 0) is 50.1 Å². The van der Waals surface area contributed by atoms with Gasteiger partial charge >= 0.3 is 0 Å². The predicted molar refractivity (Wildman–Crippen MR) is 87.5 cm³/mol. The number of hydrogen-bond acceptors (Lipinski definition) is 1. The maximum absolute atomic E-state index is 6.08. The van der Waals surface area contributed by atoms with Crippen molar-refractivity contribution < 1.29 is 0 Å². The molecule has 0 aliphatic carbocycles. The van der Waals surface area contributed by atoms with Crippen LogP contribution in [0.2, 0.25) is 5.02 Å². The van der Waals surface area contributed by atoms with Gasteiger partial charge in [0.15, 0.2) is 0 Å². The number of likely N-dealkylation sites (N-methyl/N-ethyl adjacent to an activating group) is 1. The van der Waals surface area contributed by atoms with Gasteiger partial charge in [0.05, 0.1) is 0 Å². The van der Waals surface area contributed by atoms with Crippen LogP contribution in [0.1, 0.15) is 35.2 Å². The third-order valence-corrected chi connectivity index (χ3v) is 3.66. The molecule has 106 valence electrons. The standard InChI is InChI=1S/C18H22ClN/c1-4-20-18(12-15-6-5-7-17(19)11-15)16-9-13(2)8-14(3)10-16/h5-11,18,20H,4,12H2,1-3H3. The minimum atomic E-state index is 0.331. The Bertz CT molecular complexity index is 557. The number of nitrogens with one attached hydrogen (secondary N) is 1. The molecule has 0 aliphatic rings. The van der Waals surface area contributed by atoms with E-state index in [-0.39, 0.29) is 0 Å². The lowest BCUT2D eigenvalue weighted by atomic mass is 9.96. The van der Waals surface area contributed by atoms with Crippen LogP contribution in [0.3, 0.4) is 0 Å². The fourth-order valence-electron chi connectivity index (χ4n) is 2.66. The molecule has 0 spiro atoms. The second-order valence-corrected chi connectivity index (χ2v) is 5.80. The summed E-state index contributed by atoms with van der Waals surface area (Å²) in [6.45, 7) is 7.41. The quantitative estimate of drug-likeness (QED) is 0.829. The summed E-state index contributed by atoms with van der Waals surface area (Å²) in [5.41, 5.74) is 5.25. The van der Waals surface area contributed by atoms with Gasteiger partial charge in [0, 0.05) is 11.1 Å². The van der Waals surface area contributed by atoms with Crippen molar-refractivity contribution in [3.63, 3.8) is 0 Å². The van der Waals surface area contributed by atoms with E-state index < -0.39 is 0 Å². The third-order valence-electron chi connectivity index (χ3n) is 3.43. The molecule has 2 aromatic rings. The highest BCUT2D eigenvalue weighted by atomic mass is 35.5. The second-order valence-electron chi connectivity index (χ2n) is 5.37. The van der Waals surface area contributed by atoms with Crippen LogP contribution in [0.25, 0.3) is 0 Å². The lowest BCUT2D eigenvalue weighted by Crippen LogP contribution is -2.23. The summed E-state index contributed by atoms with van der Waals surface area (Å²) < 4.78 is 0. The van der Waals surface area contributed by atoms with Crippen molar-refractivity contribution >= 4 is 11.6 Å². The van der Waals surface area contributed by atoms with E-state index in [1.165, 1.54) is 22.3 Å². The van der Waals surface area contributed by atoms with Crippen molar-refractivity contribution in [3.8, 4) is 0 Å². The Morgan fingerprint density at radius 2 is 1.75 bits per heavy atom. The maximum Gasteiger partial charge on any atom is 0.0408 e. The van der Waals surface area contributed by atoms with Crippen LogP contribution in [-0.2, 0) is 6.42 Å². The van der Waals surface area contributed by atoms with Crippen LogP contribution in [0.15, 0.2) is 42.5 Å². The van der Waals surface area contributed by atoms with E-state index >= 15 is 0 Å². The molecule has 1 unspecified atom stereocenters. The first-order valence-electron chi connectivity index (χ1n) is 7.14. The van der Waals surface area contributed by atoms with Gasteiger partial charge in [-0.15, -0.1) is 0 Å². The van der Waals surface area contributed by atoms with E-state index in [0.29, 0.717) is 6.04 Å². The summed E-state index contributed by atoms with van der Waals surface area (Å²) in [6.07, 6.45) is 0.956. The van der Waals surface area contributed by atoms with Crippen molar-refractivity contribution in [1.29, 1.82) is 0 Å². The fourth-order valence-corrected chi connectivity index (χ4v) is 2.88. The van der Waals surface area contributed by atoms with E-state index in [2.05, 4.69) is 56.4 Å². The first kappa shape index (κ1) is 15.1. The van der Waals surface area contributed by atoms with E-state index in [1.807, 2.05) is 12.1 Å². The molecular formula is C18H22ClN. The molecule has 1 atom stereocenters. The predicted octanol–water partition coefficient (Wildman–Crippen LogP) is 4.85. The Kier molecular flexibility index (Phi) is 5.22. The first-order valence-corrected chi connectivity index (χ1v) is 7.52. The lowest BCUT2D eigenvalue weighted by Gasteiger charge is -2.20. The Morgan fingerprint density at radius 3 is 2.35 bits per heavy atom. The third kappa shape index (κ3) is 4.09. The molecule has 1 N–H and O–H groups in total. The topological polar surface area (TPSA) is 12.0 Å². The van der Waals surface area contributed by atoms with Crippen LogP contribution in [-0.4, -0.2) is 6.54 Å². The minimum Gasteiger partial charge on any atom is -0.310 e. The van der Waals surface area contributed by atoms with Crippen LogP contribution in [0, 0.1) is 13.8 Å². The number of halogens is 1. The molecule has 0 fully saturated rings. The van der Waals surface area contributed by atoms with Crippen molar-refractivity contribution in [2.24, 2.45) is 0 Å². The van der Waals surface area contributed by atoms with Crippen molar-refractivity contribution in [3.05, 3.63) is 69.7 Å². The molecule has 0 radical (unpaired) electrons. The monoisotopic (exact) mass is 287 g/mol. The van der Waals surface area contributed by atoms with Crippen LogP contribution >= 0.6 is 11.6 Å². The van der Waals surface area contributed by atoms with Gasteiger partial charge in [0.1, 0.15) is 0 Å². The zero-order valence-electron chi connectivity index (χ0n) is 12.4. The highest BCUT2D eigenvalue weighted by Crippen LogP contribution is 2.22. The molecule has 0 heterocycles. The molecule has 2 heteroatoms. The lowest BCUT2D eigenvalue weighted by molar-refractivity contribution is 0.549. The summed E-state index contributed by atoms with van der Waals surface area (Å²) in [7, 11) is 0. The van der Waals surface area contributed by atoms with Gasteiger partial charge in [0.2, 0.25) is 0 Å². The fraction of sp³-hybridized carbons (Fsp3) is 0.333. The van der Waals surface area contributed by atoms with Gasteiger partial charge in [-0.2, -0.15) is 0 Å². The van der Waals surface area contributed by atoms with Crippen LogP contribution in [0.4, 0.5) is 0 Å². The van der Waals surface area contributed by atoms with Crippen LogP contribution in [0.5, 0.6) is 0 Å². The molecule has 2 aromatic carbocycles. The van der Waals surface area contributed by atoms with E-state index in [1.54, 1.807) is 0 Å². The summed E-state index contributed by atoms with van der Waals surface area (Å²) >= 11 is 6.08. The van der Waals surface area contributed by atoms with E-state index in [4.69, 9.17) is 11.6 Å². The zero-order valence-corrected chi connectivity index (χ0v) is 13.2. The molecule has 0 saturated heterocycles. The minimum absolute atomic E-state index is 0.331. The largest absolute Gasteiger partial charge is 0.310 e. The average Bonchev–Trinajstić information content (AvgIpc) is 2.37. The van der Waals surface area contributed by atoms with Gasteiger partial charge < -0.3 is 5.32 Å². The van der Waals surface area contributed by atoms with Gasteiger partial charge in [-0.25, -0.2) is 0 Å². The summed E-state index contributed by atoms with van der Waals surface area (Å²) in [6, 6.07) is 15.2. The van der Waals surface area contributed by atoms with E-state index in [9.17, 15) is 0 Å². The Morgan fingerprint density at radius 1 is 1.05 bits per heavy atom. The second kappa shape index (κ2) is 6.92. The summed E-state index contributed by atoms with van der Waals surface area (Å²) in [4.78, 5) is 0. The highest BCUT2D eigenvalue weighted by Gasteiger charge is 2.12. The molecule has 0 aromatic heterocycles. The van der Waals surface area contributed by atoms with Gasteiger partial charge in [-0.3, -0.25) is 0 Å². The van der Waals surface area contributed by atoms with Crippen molar-refractivity contribution in [1.82, 2.24) is 5.32 Å². The molecule has 20 heavy (non-hydrogen) atoms. The highest BCUT2D eigenvalue weighted by molar-refractivity contribution is 6.30. The van der Waals surface area contributed by atoms with Crippen molar-refractivity contribution in [2.45, 2.75) is 33.2 Å². The first-order chi connectivity index (χ1) is 9.58. The average molecular weight is 288 g/mol. The van der Waals surface area contributed by atoms with Gasteiger partial charge in [0.25, 0.3) is 0 Å². The number of hydrogen-bond donors (Lipinski definition) is 1.